The van der Waals surface area contributed by atoms with Crippen LogP contribution in [0.3, 0.4) is 0 Å². The van der Waals surface area contributed by atoms with Crippen LogP contribution >= 0.6 is 0 Å². The fourth-order valence-corrected chi connectivity index (χ4v) is 0.632. The zero-order valence-electron chi connectivity index (χ0n) is 6.66. The minimum absolute atomic E-state index is 0. The first-order valence-corrected chi connectivity index (χ1v) is 4.26. The van der Waals surface area contributed by atoms with Gasteiger partial charge >= 0.3 is 50.4 Å². The molecule has 0 saturated heterocycles. The molecule has 0 unspecified atom stereocenters. The molecule has 4 N–H and O–H groups in total. The molecule has 0 bridgehead atoms. The molecule has 0 aromatic rings. The third kappa shape index (κ3) is 24.6. The smallest absolute Gasteiger partial charge is 1.00 e. The Kier molecular flexibility index (Phi) is 15.6. The van der Waals surface area contributed by atoms with Crippen molar-refractivity contribution in [1.29, 1.82) is 0 Å². The van der Waals surface area contributed by atoms with Crippen molar-refractivity contribution in [2.75, 3.05) is 0 Å². The predicted octanol–water partition coefficient (Wildman–Crippen LogP) is -6.35. The fraction of sp³-hybridized carbons (Fsp3) is 0. The van der Waals surface area contributed by atoms with Crippen LogP contribution in [0.25, 0.3) is 0 Å². The summed E-state index contributed by atoms with van der Waals surface area (Å²) >= 11 is 0. The minimum Gasteiger partial charge on any atom is -1.00 e. The molecule has 0 aliphatic carbocycles. The van der Waals surface area contributed by atoms with Crippen LogP contribution in [0, 0.1) is 0 Å². The average molecular weight is 266 g/mol. The number of hydrogen-bond donors (Lipinski definition) is 2. The molecule has 13 heavy (non-hydrogen) atoms. The molecule has 78 valence electrons. The fourth-order valence-electron chi connectivity index (χ4n) is 0.0702. The van der Waals surface area contributed by atoms with E-state index in [1.165, 1.54) is 0 Å². The summed E-state index contributed by atoms with van der Waals surface area (Å²) in [4.78, 5) is 0. The normalized spacial score (nSPS) is 10.3. The molecule has 0 fully saturated rings. The van der Waals surface area contributed by atoms with E-state index in [0.29, 0.717) is 0 Å². The van der Waals surface area contributed by atoms with Crippen LogP contribution in [0.4, 0.5) is 0 Å². The summed E-state index contributed by atoms with van der Waals surface area (Å²) in [7, 11) is -10.0. The van der Waals surface area contributed by atoms with Crippen molar-refractivity contribution in [3.05, 3.63) is 0 Å². The predicted molar refractivity (Wildman–Crippen MR) is 39.9 cm³/mol. The quantitative estimate of drug-likeness (QED) is 0.221. The van der Waals surface area contributed by atoms with Gasteiger partial charge in [0, 0.05) is 0 Å². The molecule has 0 aliphatic rings. The van der Waals surface area contributed by atoms with Crippen LogP contribution in [0.1, 0.15) is 1.43 Å². The van der Waals surface area contributed by atoms with E-state index in [9.17, 15) is 16.8 Å². The Bertz CT molecular complexity index is 259. The van der Waals surface area contributed by atoms with Gasteiger partial charge in [-0.05, 0) is 0 Å². The first-order valence-electron chi connectivity index (χ1n) is 1.53. The second-order valence-electron chi connectivity index (χ2n) is 0.992. The van der Waals surface area contributed by atoms with E-state index in [1.54, 1.807) is 0 Å². The van der Waals surface area contributed by atoms with Crippen molar-refractivity contribution in [3.8, 4) is 0 Å². The molecular formula is H8AlNaO9S2. The van der Waals surface area contributed by atoms with Crippen molar-refractivity contribution < 1.29 is 71.1 Å². The molecular weight excluding hydrogens is 258 g/mol. The van der Waals surface area contributed by atoms with Gasteiger partial charge in [0.2, 0.25) is 0 Å². The minimum atomic E-state index is -5.02. The second-order valence-corrected chi connectivity index (χ2v) is 2.97. The number of rotatable bonds is 3. The van der Waals surface area contributed by atoms with E-state index in [1.807, 2.05) is 0 Å². The Morgan fingerprint density at radius 1 is 0.923 bits per heavy atom. The Hall–Kier alpha value is 1.23. The maximum absolute atomic E-state index is 9.51. The maximum Gasteiger partial charge on any atom is 1.00 e. The molecule has 0 heterocycles. The Balaban J connectivity index is -0.0000000675. The van der Waals surface area contributed by atoms with Gasteiger partial charge in [0.15, 0.2) is 17.4 Å². The topological polar surface area (TPSA) is 159 Å². The van der Waals surface area contributed by atoms with Gasteiger partial charge in [-0.2, -0.15) is 16.8 Å². The first-order chi connectivity index (χ1) is 4.21. The standard InChI is InChI=1S/Al.Na.H2O8S2.H2O.4H/c;;1-9(2,3)7-8-10(4,5)6;;;;;/h;;(H,1,2,3)(H,4,5,6);1H2;;;;/q;+1;;;;;;-1. The Morgan fingerprint density at radius 2 is 1.08 bits per heavy atom. The summed E-state index contributed by atoms with van der Waals surface area (Å²) in [5, 5.41) is 0. The monoisotopic (exact) mass is 266 g/mol. The van der Waals surface area contributed by atoms with Crippen LogP contribution in [-0.2, 0) is 29.5 Å². The molecule has 0 aliphatic heterocycles. The van der Waals surface area contributed by atoms with Gasteiger partial charge in [-0.1, -0.05) is 8.67 Å². The van der Waals surface area contributed by atoms with E-state index >= 15 is 0 Å². The summed E-state index contributed by atoms with van der Waals surface area (Å²) < 4.78 is 58.9. The number of hydrogen-bond acceptors (Lipinski definition) is 6. The van der Waals surface area contributed by atoms with Crippen LogP contribution in [0.15, 0.2) is 0 Å². The van der Waals surface area contributed by atoms with Crippen LogP contribution in [0.5, 0.6) is 0 Å². The first kappa shape index (κ1) is 23.8. The Labute approximate surface area is 108 Å². The molecule has 13 heteroatoms. The van der Waals surface area contributed by atoms with Crippen LogP contribution < -0.4 is 29.6 Å². The van der Waals surface area contributed by atoms with E-state index in [2.05, 4.69) is 8.67 Å². The zero-order chi connectivity index (χ0) is 8.41. The summed E-state index contributed by atoms with van der Waals surface area (Å²) in [5.41, 5.74) is 0. The summed E-state index contributed by atoms with van der Waals surface area (Å²) in [5.74, 6) is 0. The molecule has 9 nitrogen and oxygen atoms in total. The third-order valence-electron chi connectivity index (χ3n) is 0.200. The van der Waals surface area contributed by atoms with Crippen LogP contribution in [0.2, 0.25) is 0 Å². The van der Waals surface area contributed by atoms with Crippen molar-refractivity contribution in [2.45, 2.75) is 0 Å². The van der Waals surface area contributed by atoms with Crippen molar-refractivity contribution in [2.24, 2.45) is 0 Å². The zero-order valence-corrected chi connectivity index (χ0v) is 9.29. The SMILES string of the molecule is O.O=S(=O)(O)OOS(=O)(=O)O.[AlH3].[H-].[Na+]. The van der Waals surface area contributed by atoms with Crippen molar-refractivity contribution in [1.82, 2.24) is 0 Å². The largest absolute Gasteiger partial charge is 1.00 e. The maximum atomic E-state index is 9.51. The van der Waals surface area contributed by atoms with Gasteiger partial charge in [-0.15, -0.1) is 0 Å². The van der Waals surface area contributed by atoms with Gasteiger partial charge in [0.1, 0.15) is 0 Å². The van der Waals surface area contributed by atoms with Gasteiger partial charge in [-0.25, -0.2) is 0 Å². The van der Waals surface area contributed by atoms with Gasteiger partial charge < -0.3 is 6.90 Å². The van der Waals surface area contributed by atoms with Gasteiger partial charge in [0.25, 0.3) is 0 Å². The molecule has 0 aromatic heterocycles. The third-order valence-corrected chi connectivity index (χ3v) is 0.766. The van der Waals surface area contributed by atoms with Crippen molar-refractivity contribution >= 4 is 38.2 Å². The molecule has 0 atom stereocenters. The average Bonchev–Trinajstić information content (AvgIpc) is 1.57. The summed E-state index contributed by atoms with van der Waals surface area (Å²) in [6.45, 7) is 0. The van der Waals surface area contributed by atoms with Gasteiger partial charge in [-0.3, -0.25) is 9.11 Å². The summed E-state index contributed by atoms with van der Waals surface area (Å²) in [6.07, 6.45) is 0. The molecule has 0 saturated carbocycles. The molecule has 0 radical (unpaired) electrons. The second kappa shape index (κ2) is 8.53. The van der Waals surface area contributed by atoms with Crippen LogP contribution in [-0.4, -0.2) is 48.8 Å². The van der Waals surface area contributed by atoms with E-state index < -0.39 is 20.8 Å². The Morgan fingerprint density at radius 3 is 1.15 bits per heavy atom. The van der Waals surface area contributed by atoms with Crippen molar-refractivity contribution in [3.63, 3.8) is 0 Å². The summed E-state index contributed by atoms with van der Waals surface area (Å²) in [6, 6.07) is 0. The van der Waals surface area contributed by atoms with E-state index in [-0.39, 0.29) is 53.8 Å². The molecule has 0 aromatic carbocycles. The molecule has 0 amide bonds. The van der Waals surface area contributed by atoms with E-state index in [0.717, 1.165) is 0 Å². The molecule has 0 spiro atoms. The van der Waals surface area contributed by atoms with E-state index in [4.69, 9.17) is 9.11 Å². The molecule has 0 rings (SSSR count). The van der Waals surface area contributed by atoms with Gasteiger partial charge in [0.05, 0.1) is 0 Å².